The van der Waals surface area contributed by atoms with Gasteiger partial charge in [0.2, 0.25) is 0 Å². The van der Waals surface area contributed by atoms with Crippen molar-refractivity contribution in [1.29, 1.82) is 0 Å². The van der Waals surface area contributed by atoms with Gasteiger partial charge < -0.3 is 10.6 Å². The summed E-state index contributed by atoms with van der Waals surface area (Å²) >= 11 is 12.4. The molecule has 162 valence electrons. The third kappa shape index (κ3) is 3.22. The summed E-state index contributed by atoms with van der Waals surface area (Å²) in [4.78, 5) is 13.1. The molecule has 1 aliphatic heterocycles. The Balaban J connectivity index is 1.35. The zero-order valence-electron chi connectivity index (χ0n) is 17.5. The van der Waals surface area contributed by atoms with Crippen molar-refractivity contribution in [1.82, 2.24) is 0 Å². The molecule has 0 radical (unpaired) electrons. The summed E-state index contributed by atoms with van der Waals surface area (Å²) in [5, 5.41) is 7.55. The molecule has 5 heteroatoms. The van der Waals surface area contributed by atoms with Crippen LogP contribution >= 0.6 is 23.2 Å². The third-order valence-electron chi connectivity index (χ3n) is 7.71. The summed E-state index contributed by atoms with van der Waals surface area (Å²) in [5.41, 5.74) is 4.99. The van der Waals surface area contributed by atoms with Gasteiger partial charge in [-0.25, -0.2) is 0 Å². The number of benzene rings is 3. The summed E-state index contributed by atoms with van der Waals surface area (Å²) in [6, 6.07) is 22.5. The van der Waals surface area contributed by atoms with Crippen molar-refractivity contribution in [2.24, 2.45) is 17.8 Å². The van der Waals surface area contributed by atoms with E-state index in [4.69, 9.17) is 23.2 Å². The van der Waals surface area contributed by atoms with Gasteiger partial charge in [-0.05, 0) is 84.4 Å². The maximum Gasteiger partial charge on any atom is 0.255 e. The molecular formula is C27H24Cl2N2O. The van der Waals surface area contributed by atoms with Gasteiger partial charge in [-0.3, -0.25) is 4.79 Å². The molecular weight excluding hydrogens is 439 g/mol. The quantitative estimate of drug-likeness (QED) is 0.421. The maximum absolute atomic E-state index is 13.1. The Morgan fingerprint density at radius 2 is 1.75 bits per heavy atom. The molecule has 32 heavy (non-hydrogen) atoms. The smallest absolute Gasteiger partial charge is 0.255 e. The fourth-order valence-corrected chi connectivity index (χ4v) is 6.76. The van der Waals surface area contributed by atoms with Crippen LogP contribution in [0, 0.1) is 17.8 Å². The summed E-state index contributed by atoms with van der Waals surface area (Å²) < 4.78 is 0. The van der Waals surface area contributed by atoms with E-state index < -0.39 is 0 Å². The molecule has 3 aromatic carbocycles. The number of carbonyl (C=O) groups is 1. The number of hydrogen-bond acceptors (Lipinski definition) is 2. The van der Waals surface area contributed by atoms with E-state index in [1.807, 2.05) is 6.07 Å². The van der Waals surface area contributed by atoms with Gasteiger partial charge in [-0.2, -0.15) is 0 Å². The fourth-order valence-electron chi connectivity index (χ4n) is 6.41. The molecule has 5 atom stereocenters. The van der Waals surface area contributed by atoms with Gasteiger partial charge in [0.15, 0.2) is 0 Å². The SMILES string of the molecule is O=C(Nc1cccc(Cl)c1Cl)c1ccc2c(c1)[C@@H]1[C@H]3CC[C@@H](C3)[C@@H]1[C@H](c1ccccc1)N2. The highest BCUT2D eigenvalue weighted by molar-refractivity contribution is 6.44. The van der Waals surface area contributed by atoms with E-state index >= 15 is 0 Å². The van der Waals surface area contributed by atoms with Crippen LogP contribution in [0.2, 0.25) is 10.0 Å². The van der Waals surface area contributed by atoms with Crippen molar-refractivity contribution < 1.29 is 4.79 Å². The summed E-state index contributed by atoms with van der Waals surface area (Å²) in [6.45, 7) is 0. The van der Waals surface area contributed by atoms with Gasteiger partial charge in [0.05, 0.1) is 21.8 Å². The molecule has 0 unspecified atom stereocenters. The maximum atomic E-state index is 13.1. The highest BCUT2D eigenvalue weighted by atomic mass is 35.5. The average molecular weight is 463 g/mol. The first-order valence-corrected chi connectivity index (χ1v) is 12.1. The Hall–Kier alpha value is -2.49. The lowest BCUT2D eigenvalue weighted by molar-refractivity contribution is 0.102. The molecule has 2 aliphatic carbocycles. The van der Waals surface area contributed by atoms with Crippen LogP contribution in [0.25, 0.3) is 0 Å². The summed E-state index contributed by atoms with van der Waals surface area (Å²) in [6.07, 6.45) is 3.91. The monoisotopic (exact) mass is 462 g/mol. The Bertz CT molecular complexity index is 1200. The van der Waals surface area contributed by atoms with Crippen LogP contribution in [-0.4, -0.2) is 5.91 Å². The van der Waals surface area contributed by atoms with Gasteiger partial charge >= 0.3 is 0 Å². The van der Waals surface area contributed by atoms with E-state index in [-0.39, 0.29) is 5.91 Å². The van der Waals surface area contributed by atoms with E-state index in [1.165, 1.54) is 30.4 Å². The van der Waals surface area contributed by atoms with Gasteiger partial charge in [0.25, 0.3) is 5.91 Å². The van der Waals surface area contributed by atoms with E-state index in [1.54, 1.807) is 18.2 Å². The van der Waals surface area contributed by atoms with Crippen molar-refractivity contribution in [3.05, 3.63) is 93.5 Å². The van der Waals surface area contributed by atoms with E-state index in [0.717, 1.165) is 11.6 Å². The van der Waals surface area contributed by atoms with Crippen LogP contribution in [0.15, 0.2) is 66.7 Å². The molecule has 1 heterocycles. The van der Waals surface area contributed by atoms with Crippen molar-refractivity contribution >= 4 is 40.5 Å². The summed E-state index contributed by atoms with van der Waals surface area (Å²) in [5.74, 6) is 2.36. The van der Waals surface area contributed by atoms with E-state index in [0.29, 0.717) is 45.1 Å². The van der Waals surface area contributed by atoms with Crippen LogP contribution in [0.5, 0.6) is 0 Å². The topological polar surface area (TPSA) is 41.1 Å². The number of halogens is 2. The number of amides is 1. The van der Waals surface area contributed by atoms with Crippen molar-refractivity contribution in [2.45, 2.75) is 31.2 Å². The van der Waals surface area contributed by atoms with Crippen LogP contribution in [0.1, 0.15) is 52.7 Å². The highest BCUT2D eigenvalue weighted by Crippen LogP contribution is 2.63. The second-order valence-electron chi connectivity index (χ2n) is 9.33. The highest BCUT2D eigenvalue weighted by Gasteiger charge is 2.53. The van der Waals surface area contributed by atoms with E-state index in [9.17, 15) is 4.79 Å². The van der Waals surface area contributed by atoms with Crippen LogP contribution in [0.3, 0.4) is 0 Å². The molecule has 6 rings (SSSR count). The lowest BCUT2D eigenvalue weighted by atomic mass is 9.68. The lowest BCUT2D eigenvalue weighted by Gasteiger charge is -2.43. The zero-order valence-corrected chi connectivity index (χ0v) is 19.0. The number of carbonyl (C=O) groups excluding carboxylic acids is 1. The first-order chi connectivity index (χ1) is 15.6. The largest absolute Gasteiger partial charge is 0.378 e. The molecule has 3 aliphatic rings. The minimum atomic E-state index is -0.165. The molecule has 2 bridgehead atoms. The normalized spacial score (nSPS) is 27.4. The van der Waals surface area contributed by atoms with Gasteiger partial charge in [0, 0.05) is 11.3 Å². The third-order valence-corrected chi connectivity index (χ3v) is 8.53. The molecule has 2 saturated carbocycles. The Morgan fingerprint density at radius 3 is 2.59 bits per heavy atom. The van der Waals surface area contributed by atoms with Crippen molar-refractivity contribution in [3.63, 3.8) is 0 Å². The molecule has 1 amide bonds. The number of rotatable bonds is 3. The fraction of sp³-hybridized carbons (Fsp3) is 0.296. The average Bonchev–Trinajstić information content (AvgIpc) is 3.44. The lowest BCUT2D eigenvalue weighted by Crippen LogP contribution is -2.35. The minimum absolute atomic E-state index is 0.165. The Morgan fingerprint density at radius 1 is 0.938 bits per heavy atom. The second-order valence-corrected chi connectivity index (χ2v) is 10.1. The zero-order chi connectivity index (χ0) is 21.8. The van der Waals surface area contributed by atoms with Gasteiger partial charge in [-0.15, -0.1) is 0 Å². The number of hydrogen-bond donors (Lipinski definition) is 2. The number of anilines is 2. The number of fused-ring (bicyclic) bond motifs is 7. The molecule has 2 fully saturated rings. The van der Waals surface area contributed by atoms with Gasteiger partial charge in [0.1, 0.15) is 0 Å². The first kappa shape index (κ1) is 20.1. The second kappa shape index (κ2) is 7.83. The molecule has 0 spiro atoms. The molecule has 3 aromatic rings. The van der Waals surface area contributed by atoms with Gasteiger partial charge in [-0.1, -0.05) is 59.6 Å². The van der Waals surface area contributed by atoms with E-state index in [2.05, 4.69) is 53.1 Å². The van der Waals surface area contributed by atoms with Crippen molar-refractivity contribution in [2.75, 3.05) is 10.6 Å². The minimum Gasteiger partial charge on any atom is -0.378 e. The molecule has 0 saturated heterocycles. The Kier molecular flexibility index (Phi) is 4.93. The number of nitrogens with one attached hydrogen (secondary N) is 2. The molecule has 2 N–H and O–H groups in total. The molecule has 0 aromatic heterocycles. The Labute approximate surface area is 198 Å². The van der Waals surface area contributed by atoms with Crippen LogP contribution in [0.4, 0.5) is 11.4 Å². The predicted octanol–water partition coefficient (Wildman–Crippen LogP) is 7.54. The standard InChI is InChI=1S/C27H24Cl2N2O/c28-20-7-4-8-22(25(20)29)31-27(32)18-11-12-21-19(14-18)23-16-9-10-17(13-16)24(23)26(30-21)15-5-2-1-3-6-15/h1-8,11-12,14,16-17,23-24,26,30H,9-10,13H2,(H,31,32)/t16-,17-,23-,24-,26-/m0/s1. The predicted molar refractivity (Wildman–Crippen MR) is 131 cm³/mol. The van der Waals surface area contributed by atoms with Crippen molar-refractivity contribution in [3.8, 4) is 0 Å². The molecule has 3 nitrogen and oxygen atoms in total. The van der Waals surface area contributed by atoms with Crippen LogP contribution < -0.4 is 10.6 Å². The summed E-state index contributed by atoms with van der Waals surface area (Å²) in [7, 11) is 0. The first-order valence-electron chi connectivity index (χ1n) is 11.3. The van der Waals surface area contributed by atoms with Crippen LogP contribution in [-0.2, 0) is 0 Å².